The summed E-state index contributed by atoms with van der Waals surface area (Å²) in [5.74, 6) is 0.698. The minimum Gasteiger partial charge on any atom is -0.266 e. The summed E-state index contributed by atoms with van der Waals surface area (Å²) in [6, 6.07) is 22.8. The van der Waals surface area contributed by atoms with Crippen LogP contribution in [0, 0.1) is 6.92 Å². The van der Waals surface area contributed by atoms with Crippen molar-refractivity contribution >= 4 is 44.6 Å². The molecule has 3 aromatic carbocycles. The van der Waals surface area contributed by atoms with Gasteiger partial charge in [0.15, 0.2) is 5.17 Å². The van der Waals surface area contributed by atoms with Crippen molar-refractivity contribution in [3.05, 3.63) is 101 Å². The smallest absolute Gasteiger partial charge is 0.266 e. The van der Waals surface area contributed by atoms with Gasteiger partial charge < -0.3 is 0 Å². The molecule has 0 unspecified atom stereocenters. The van der Waals surface area contributed by atoms with Crippen LogP contribution in [0.2, 0.25) is 0 Å². The van der Waals surface area contributed by atoms with Crippen LogP contribution < -0.4 is 4.90 Å². The maximum Gasteiger partial charge on any atom is 0.283 e. The van der Waals surface area contributed by atoms with E-state index in [-0.39, 0.29) is 10.8 Å². The zero-order valence-electron chi connectivity index (χ0n) is 21.7. The van der Waals surface area contributed by atoms with Crippen LogP contribution in [0.1, 0.15) is 42.0 Å². The molecule has 37 heavy (non-hydrogen) atoms. The quantitative estimate of drug-likeness (QED) is 0.347. The normalized spacial score (nSPS) is 15.2. The Hall–Kier alpha value is -3.20. The van der Waals surface area contributed by atoms with E-state index >= 15 is 0 Å². The Kier molecular flexibility index (Phi) is 8.02. The molecular weight excluding hydrogens is 502 g/mol. The summed E-state index contributed by atoms with van der Waals surface area (Å²) in [5, 5.41) is 0.555. The lowest BCUT2D eigenvalue weighted by atomic mass is 10.0. The number of amidine groups is 1. The predicted octanol–water partition coefficient (Wildman–Crippen LogP) is 6.05. The second kappa shape index (κ2) is 11.0. The lowest BCUT2D eigenvalue weighted by Gasteiger charge is -2.18. The standard InChI is InChI=1S/C29H31N3O3S2/c1-20(2)24-13-11-22(12-14-24)18-27-28(33)32(25-15-9-21(3)10-16-25)29(30-27)36-19-23-7-6-8-26(17-23)37(34,35)31(4)5/h6-18,20H,19H2,1-5H3/b27-18-. The van der Waals surface area contributed by atoms with Gasteiger partial charge >= 0.3 is 0 Å². The van der Waals surface area contributed by atoms with Crippen molar-refractivity contribution < 1.29 is 13.2 Å². The number of hydrogen-bond donors (Lipinski definition) is 0. The molecule has 0 N–H and O–H groups in total. The Balaban J connectivity index is 1.64. The number of thioether (sulfide) groups is 1. The summed E-state index contributed by atoms with van der Waals surface area (Å²) < 4.78 is 26.3. The number of carbonyl (C=O) groups is 1. The van der Waals surface area contributed by atoms with E-state index in [0.717, 1.165) is 22.4 Å². The summed E-state index contributed by atoms with van der Waals surface area (Å²) in [6.45, 7) is 6.29. The number of rotatable bonds is 7. The van der Waals surface area contributed by atoms with Crippen LogP contribution in [0.4, 0.5) is 5.69 Å². The molecule has 0 spiro atoms. The molecule has 192 valence electrons. The third-order valence-corrected chi connectivity index (χ3v) is 8.89. The number of benzene rings is 3. The van der Waals surface area contributed by atoms with E-state index in [0.29, 0.717) is 22.5 Å². The molecule has 3 aromatic rings. The number of amides is 1. The van der Waals surface area contributed by atoms with Gasteiger partial charge in [-0.3, -0.25) is 9.69 Å². The summed E-state index contributed by atoms with van der Waals surface area (Å²) in [7, 11) is -0.509. The van der Waals surface area contributed by atoms with Crippen LogP contribution in [0.15, 0.2) is 88.4 Å². The van der Waals surface area contributed by atoms with E-state index in [9.17, 15) is 13.2 Å². The van der Waals surface area contributed by atoms with Gasteiger partial charge in [-0.25, -0.2) is 17.7 Å². The highest BCUT2D eigenvalue weighted by molar-refractivity contribution is 8.13. The molecule has 0 aliphatic carbocycles. The molecular formula is C29H31N3O3S2. The van der Waals surface area contributed by atoms with Crippen LogP contribution in [0.3, 0.4) is 0 Å². The topological polar surface area (TPSA) is 70.0 Å². The molecule has 1 aliphatic rings. The van der Waals surface area contributed by atoms with Gasteiger partial charge in [0.2, 0.25) is 10.0 Å². The molecule has 1 heterocycles. The Bertz CT molecular complexity index is 1460. The van der Waals surface area contributed by atoms with Crippen LogP contribution in [-0.2, 0) is 20.6 Å². The summed E-state index contributed by atoms with van der Waals surface area (Å²) >= 11 is 1.40. The van der Waals surface area contributed by atoms with E-state index in [1.54, 1.807) is 23.1 Å². The Morgan fingerprint density at radius 1 is 1.00 bits per heavy atom. The number of hydrogen-bond acceptors (Lipinski definition) is 5. The van der Waals surface area contributed by atoms with Crippen molar-refractivity contribution in [3.63, 3.8) is 0 Å². The number of sulfonamides is 1. The SMILES string of the molecule is Cc1ccc(N2C(=O)/C(=C/c3ccc(C(C)C)cc3)N=C2SCc2cccc(S(=O)(=O)N(C)C)c2)cc1. The van der Waals surface area contributed by atoms with Crippen LogP contribution in [-0.4, -0.2) is 37.9 Å². The van der Waals surface area contributed by atoms with Crippen molar-refractivity contribution in [2.45, 2.75) is 37.3 Å². The number of nitrogens with zero attached hydrogens (tertiary/aromatic N) is 3. The number of aryl methyl sites for hydroxylation is 1. The van der Waals surface area contributed by atoms with E-state index in [4.69, 9.17) is 4.99 Å². The number of anilines is 1. The second-order valence-corrected chi connectivity index (χ2v) is 12.5. The maximum atomic E-state index is 13.5. The van der Waals surface area contributed by atoms with Crippen LogP contribution in [0.5, 0.6) is 0 Å². The van der Waals surface area contributed by atoms with Gasteiger partial charge in [0, 0.05) is 19.8 Å². The molecule has 0 atom stereocenters. The first-order valence-electron chi connectivity index (χ1n) is 12.0. The van der Waals surface area contributed by atoms with E-state index in [1.807, 2.05) is 55.5 Å². The molecule has 6 nitrogen and oxygen atoms in total. The van der Waals surface area contributed by atoms with Crippen LogP contribution >= 0.6 is 11.8 Å². The highest BCUT2D eigenvalue weighted by Gasteiger charge is 2.32. The average molecular weight is 534 g/mol. The van der Waals surface area contributed by atoms with E-state index in [2.05, 4.69) is 26.0 Å². The fraction of sp³-hybridized carbons (Fsp3) is 0.241. The molecule has 8 heteroatoms. The van der Waals surface area contributed by atoms with Crippen molar-refractivity contribution in [1.82, 2.24) is 4.31 Å². The van der Waals surface area contributed by atoms with Gasteiger partial charge in [-0.2, -0.15) is 0 Å². The molecule has 0 aromatic heterocycles. The van der Waals surface area contributed by atoms with Gasteiger partial charge in [-0.15, -0.1) is 0 Å². The molecule has 0 radical (unpaired) electrons. The van der Waals surface area contributed by atoms with Gasteiger partial charge in [0.1, 0.15) is 5.70 Å². The highest BCUT2D eigenvalue weighted by atomic mass is 32.2. The highest BCUT2D eigenvalue weighted by Crippen LogP contribution is 2.31. The first-order chi connectivity index (χ1) is 17.6. The van der Waals surface area contributed by atoms with E-state index < -0.39 is 10.0 Å². The molecule has 1 amide bonds. The lowest BCUT2D eigenvalue weighted by Crippen LogP contribution is -2.30. The van der Waals surface area contributed by atoms with Crippen molar-refractivity contribution in [1.29, 1.82) is 0 Å². The van der Waals surface area contributed by atoms with Crippen molar-refractivity contribution in [2.75, 3.05) is 19.0 Å². The zero-order chi connectivity index (χ0) is 26.7. The fourth-order valence-corrected chi connectivity index (χ4v) is 5.73. The minimum atomic E-state index is -3.54. The molecule has 0 bridgehead atoms. The van der Waals surface area contributed by atoms with Crippen molar-refractivity contribution in [3.8, 4) is 0 Å². The Morgan fingerprint density at radius 3 is 2.30 bits per heavy atom. The van der Waals surface area contributed by atoms with Gasteiger partial charge in [0.05, 0.1) is 10.6 Å². The maximum absolute atomic E-state index is 13.5. The predicted molar refractivity (Wildman–Crippen MR) is 153 cm³/mol. The molecule has 4 rings (SSSR count). The second-order valence-electron chi connectivity index (χ2n) is 9.44. The fourth-order valence-electron chi connectivity index (χ4n) is 3.80. The summed E-state index contributed by atoms with van der Waals surface area (Å²) in [6.07, 6.45) is 1.81. The molecule has 1 aliphatic heterocycles. The minimum absolute atomic E-state index is 0.191. The van der Waals surface area contributed by atoms with Gasteiger partial charge in [-0.05, 0) is 59.9 Å². The molecule has 0 saturated heterocycles. The third-order valence-electron chi connectivity index (χ3n) is 6.07. The zero-order valence-corrected chi connectivity index (χ0v) is 23.3. The van der Waals surface area contributed by atoms with Gasteiger partial charge in [0.25, 0.3) is 5.91 Å². The number of carbonyl (C=O) groups excluding carboxylic acids is 1. The first kappa shape index (κ1) is 26.9. The lowest BCUT2D eigenvalue weighted by molar-refractivity contribution is -0.113. The Labute approximate surface area is 223 Å². The first-order valence-corrected chi connectivity index (χ1v) is 14.4. The third kappa shape index (κ3) is 6.04. The largest absolute Gasteiger partial charge is 0.283 e. The summed E-state index contributed by atoms with van der Waals surface area (Å²) in [4.78, 5) is 20.1. The average Bonchev–Trinajstić information content (AvgIpc) is 3.18. The Morgan fingerprint density at radius 2 is 1.68 bits per heavy atom. The van der Waals surface area contributed by atoms with Crippen LogP contribution in [0.25, 0.3) is 6.08 Å². The van der Waals surface area contributed by atoms with Crippen molar-refractivity contribution in [2.24, 2.45) is 4.99 Å². The number of aliphatic imine (C=N–C) groups is 1. The molecule has 0 saturated carbocycles. The summed E-state index contributed by atoms with van der Waals surface area (Å²) in [5.41, 5.74) is 5.18. The van der Waals surface area contributed by atoms with E-state index in [1.165, 1.54) is 35.7 Å². The molecule has 0 fully saturated rings. The van der Waals surface area contributed by atoms with Gasteiger partial charge in [-0.1, -0.05) is 79.7 Å². The monoisotopic (exact) mass is 533 g/mol.